The number of hydrogen-bond acceptors (Lipinski definition) is 8. The van der Waals surface area contributed by atoms with Gasteiger partial charge in [-0.1, -0.05) is 0 Å². The number of carbonyl (C=O) groups is 4. The van der Waals surface area contributed by atoms with Crippen LogP contribution in [-0.2, 0) is 14.4 Å². The molecule has 2 heterocycles. The fraction of sp³-hybridized carbons (Fsp3) is 0.300. The first kappa shape index (κ1) is 23.2. The van der Waals surface area contributed by atoms with Crippen LogP contribution in [0.3, 0.4) is 0 Å². The first-order valence-corrected chi connectivity index (χ1v) is 9.80. The normalized spacial score (nSPS) is 20.0. The molecular formula is C20H21N7O6. The molecule has 0 radical (unpaired) electrons. The minimum absolute atomic E-state index is 0.0423. The van der Waals surface area contributed by atoms with E-state index >= 15 is 0 Å². The molecule has 33 heavy (non-hydrogen) atoms. The van der Waals surface area contributed by atoms with Crippen molar-refractivity contribution in [1.82, 2.24) is 10.6 Å². The number of amidine groups is 1. The summed E-state index contributed by atoms with van der Waals surface area (Å²) >= 11 is 0. The maximum absolute atomic E-state index is 12.3. The van der Waals surface area contributed by atoms with E-state index in [2.05, 4.69) is 30.9 Å². The second-order valence-corrected chi connectivity index (χ2v) is 7.54. The van der Waals surface area contributed by atoms with E-state index in [9.17, 15) is 19.2 Å². The summed E-state index contributed by atoms with van der Waals surface area (Å²) < 4.78 is 0. The van der Waals surface area contributed by atoms with Crippen LogP contribution in [0, 0.1) is 5.41 Å². The number of guanidine groups is 1. The summed E-state index contributed by atoms with van der Waals surface area (Å²) in [5.41, 5.74) is 0.0205. The Kier molecular flexibility index (Phi) is 6.61. The summed E-state index contributed by atoms with van der Waals surface area (Å²) in [6.07, 6.45) is 0.910. The number of fused-ring (bicyclic) bond motifs is 1. The van der Waals surface area contributed by atoms with E-state index in [1.165, 1.54) is 18.3 Å². The van der Waals surface area contributed by atoms with E-state index in [1.807, 2.05) is 0 Å². The van der Waals surface area contributed by atoms with Crippen LogP contribution in [0.1, 0.15) is 30.1 Å². The molecule has 0 fully saturated rings. The second kappa shape index (κ2) is 9.38. The zero-order chi connectivity index (χ0) is 24.2. The van der Waals surface area contributed by atoms with Crippen LogP contribution in [0.5, 0.6) is 0 Å². The minimum atomic E-state index is -1.32. The molecule has 1 aromatic carbocycles. The van der Waals surface area contributed by atoms with Crippen LogP contribution in [0.4, 0.5) is 5.69 Å². The third-order valence-corrected chi connectivity index (χ3v) is 4.76. The van der Waals surface area contributed by atoms with Gasteiger partial charge in [-0.05, 0) is 37.6 Å². The summed E-state index contributed by atoms with van der Waals surface area (Å²) in [5, 5.41) is 33.0. The fourth-order valence-electron chi connectivity index (χ4n) is 3.00. The Balaban J connectivity index is 1.61. The molecule has 3 rings (SSSR count). The van der Waals surface area contributed by atoms with Gasteiger partial charge in [0, 0.05) is 30.4 Å². The van der Waals surface area contributed by atoms with Crippen LogP contribution in [0.15, 0.2) is 39.2 Å². The number of carbonyl (C=O) groups excluding carboxylic acids is 2. The van der Waals surface area contributed by atoms with Crippen LogP contribution in [0.2, 0.25) is 0 Å². The van der Waals surface area contributed by atoms with E-state index in [-0.39, 0.29) is 42.5 Å². The van der Waals surface area contributed by atoms with E-state index in [0.29, 0.717) is 5.69 Å². The molecule has 0 aromatic heterocycles. The SMILES string of the molecule is CC1(CNc2ccc(C(=O)N[C@@H](CCC(=O)O)C(=O)O)cc2)C=NC2=NC(=N)NC(=O)C2=N1. The van der Waals surface area contributed by atoms with Crippen molar-refractivity contribution < 1.29 is 29.4 Å². The standard InChI is InChI=1S/C20H21N7O6/c1-20(9-23-15-14(27-20)17(31)26-19(21)25-15)8-22-11-4-2-10(3-5-11)16(30)24-12(18(32)33)6-7-13(28)29/h2-5,9,12,22H,6-8H2,1H3,(H,24,30)(H,28,29)(H,32,33)(H2,21,26,31)/t12-,20?/m0/s1. The molecule has 2 amide bonds. The van der Waals surface area contributed by atoms with E-state index in [4.69, 9.17) is 15.6 Å². The minimum Gasteiger partial charge on any atom is -0.481 e. The number of nitrogens with one attached hydrogen (secondary N) is 4. The molecule has 0 saturated carbocycles. The van der Waals surface area contributed by atoms with Crippen molar-refractivity contribution >= 4 is 53.2 Å². The van der Waals surface area contributed by atoms with Crippen molar-refractivity contribution in [3.8, 4) is 0 Å². The van der Waals surface area contributed by atoms with Gasteiger partial charge in [0.15, 0.2) is 11.5 Å². The summed E-state index contributed by atoms with van der Waals surface area (Å²) in [4.78, 5) is 58.6. The van der Waals surface area contributed by atoms with Crippen molar-refractivity contribution in [2.24, 2.45) is 15.0 Å². The van der Waals surface area contributed by atoms with Crippen LogP contribution in [0.25, 0.3) is 0 Å². The highest BCUT2D eigenvalue weighted by Gasteiger charge is 2.33. The van der Waals surface area contributed by atoms with Gasteiger partial charge in [0.2, 0.25) is 5.96 Å². The van der Waals surface area contributed by atoms with Crippen molar-refractivity contribution in [1.29, 1.82) is 5.41 Å². The van der Waals surface area contributed by atoms with Crippen LogP contribution >= 0.6 is 0 Å². The molecule has 0 aliphatic carbocycles. The first-order valence-electron chi connectivity index (χ1n) is 9.80. The Morgan fingerprint density at radius 1 is 1.21 bits per heavy atom. The molecule has 0 spiro atoms. The Bertz CT molecular complexity index is 1110. The smallest absolute Gasteiger partial charge is 0.326 e. The second-order valence-electron chi connectivity index (χ2n) is 7.54. The van der Waals surface area contributed by atoms with Crippen molar-refractivity contribution in [2.75, 3.05) is 11.9 Å². The van der Waals surface area contributed by atoms with Crippen LogP contribution < -0.4 is 16.0 Å². The summed E-state index contributed by atoms with van der Waals surface area (Å²) in [5.74, 6) is -3.87. The van der Waals surface area contributed by atoms with Gasteiger partial charge in [0.05, 0.1) is 0 Å². The quantitative estimate of drug-likeness (QED) is 0.298. The topological polar surface area (TPSA) is 206 Å². The van der Waals surface area contributed by atoms with Gasteiger partial charge in [-0.25, -0.2) is 9.79 Å². The molecule has 2 aliphatic rings. The van der Waals surface area contributed by atoms with Gasteiger partial charge in [-0.15, -0.1) is 0 Å². The zero-order valence-electron chi connectivity index (χ0n) is 17.5. The number of aliphatic imine (C=N–C) groups is 3. The summed E-state index contributed by atoms with van der Waals surface area (Å²) in [6, 6.07) is 4.88. The third-order valence-electron chi connectivity index (χ3n) is 4.76. The fourth-order valence-corrected chi connectivity index (χ4v) is 3.00. The lowest BCUT2D eigenvalue weighted by Gasteiger charge is -2.27. The van der Waals surface area contributed by atoms with E-state index in [0.717, 1.165) is 0 Å². The zero-order valence-corrected chi connectivity index (χ0v) is 17.5. The predicted octanol–water partition coefficient (Wildman–Crippen LogP) is -0.107. The van der Waals surface area contributed by atoms with Gasteiger partial charge >= 0.3 is 11.9 Å². The maximum atomic E-state index is 12.3. The molecule has 1 aromatic rings. The largest absolute Gasteiger partial charge is 0.481 e. The predicted molar refractivity (Wildman–Crippen MR) is 118 cm³/mol. The van der Waals surface area contributed by atoms with Crippen molar-refractivity contribution in [3.63, 3.8) is 0 Å². The number of anilines is 1. The van der Waals surface area contributed by atoms with Gasteiger partial charge in [-0.2, -0.15) is 4.99 Å². The Morgan fingerprint density at radius 3 is 2.55 bits per heavy atom. The molecule has 13 nitrogen and oxygen atoms in total. The van der Waals surface area contributed by atoms with Crippen LogP contribution in [-0.4, -0.2) is 75.8 Å². The van der Waals surface area contributed by atoms with Crippen molar-refractivity contribution in [2.45, 2.75) is 31.3 Å². The highest BCUT2D eigenvalue weighted by atomic mass is 16.4. The van der Waals surface area contributed by atoms with Gasteiger partial charge in [0.1, 0.15) is 11.6 Å². The Labute approximate surface area is 187 Å². The lowest BCUT2D eigenvalue weighted by atomic mass is 10.0. The van der Waals surface area contributed by atoms with Gasteiger partial charge < -0.3 is 20.8 Å². The average Bonchev–Trinajstić information content (AvgIpc) is 2.76. The summed E-state index contributed by atoms with van der Waals surface area (Å²) in [6.45, 7) is 2.02. The molecule has 13 heteroatoms. The van der Waals surface area contributed by atoms with E-state index in [1.54, 1.807) is 19.1 Å². The lowest BCUT2D eigenvalue weighted by Crippen LogP contribution is -2.49. The molecule has 2 atom stereocenters. The van der Waals surface area contributed by atoms with Gasteiger partial charge in [-0.3, -0.25) is 30.1 Å². The monoisotopic (exact) mass is 455 g/mol. The molecular weight excluding hydrogens is 434 g/mol. The molecule has 6 N–H and O–H groups in total. The molecule has 1 unspecified atom stereocenters. The summed E-state index contributed by atoms with van der Waals surface area (Å²) in [7, 11) is 0. The number of aliphatic carboxylic acids is 2. The Hall–Kier alpha value is -4.42. The number of benzene rings is 1. The number of carboxylic acid groups (broad SMARTS) is 2. The van der Waals surface area contributed by atoms with E-state index < -0.39 is 35.3 Å². The highest BCUT2D eigenvalue weighted by molar-refractivity contribution is 6.70. The molecule has 0 saturated heterocycles. The number of hydrogen-bond donors (Lipinski definition) is 6. The maximum Gasteiger partial charge on any atom is 0.326 e. The third kappa shape index (κ3) is 5.84. The van der Waals surface area contributed by atoms with Gasteiger partial charge in [0.25, 0.3) is 11.8 Å². The Morgan fingerprint density at radius 2 is 1.91 bits per heavy atom. The number of carboxylic acids is 2. The lowest BCUT2D eigenvalue weighted by molar-refractivity contribution is -0.140. The molecule has 172 valence electrons. The average molecular weight is 455 g/mol. The number of nitrogens with zero attached hydrogens (tertiary/aromatic N) is 3. The molecule has 2 aliphatic heterocycles. The number of rotatable bonds is 9. The highest BCUT2D eigenvalue weighted by Crippen LogP contribution is 2.17. The van der Waals surface area contributed by atoms with Crippen molar-refractivity contribution in [3.05, 3.63) is 29.8 Å². The number of amides is 2. The first-order chi connectivity index (χ1) is 15.6. The molecule has 0 bridgehead atoms.